The highest BCUT2D eigenvalue weighted by atomic mass is 32.2. The lowest BCUT2D eigenvalue weighted by molar-refractivity contribution is 0.431. The summed E-state index contributed by atoms with van der Waals surface area (Å²) in [5, 5.41) is 3.07. The Kier molecular flexibility index (Phi) is 4.31. The summed E-state index contributed by atoms with van der Waals surface area (Å²) in [7, 11) is -3.03. The summed E-state index contributed by atoms with van der Waals surface area (Å²) in [6.07, 6.45) is 0.713. The minimum atomic E-state index is -3.03. The Balaban J connectivity index is 2.49. The molecule has 0 heterocycles. The summed E-state index contributed by atoms with van der Waals surface area (Å²) in [6.45, 7) is 6.67. The lowest BCUT2D eigenvalue weighted by Crippen LogP contribution is -2.42. The molecule has 0 spiro atoms. The number of nitrogens with one attached hydrogen (secondary N) is 1. The fourth-order valence-corrected chi connectivity index (χ4v) is 4.75. The molecule has 0 saturated carbocycles. The predicted molar refractivity (Wildman–Crippen MR) is 79.1 cm³/mol. The van der Waals surface area contributed by atoms with Crippen molar-refractivity contribution in [3.05, 3.63) is 35.4 Å². The van der Waals surface area contributed by atoms with Gasteiger partial charge in [0.1, 0.15) is 0 Å². The van der Waals surface area contributed by atoms with E-state index in [0.29, 0.717) is 12.3 Å². The van der Waals surface area contributed by atoms with Crippen molar-refractivity contribution < 1.29 is 8.42 Å². The third-order valence-corrected chi connectivity index (χ3v) is 6.30. The van der Waals surface area contributed by atoms with Crippen LogP contribution in [0.25, 0.3) is 0 Å². The topological polar surface area (TPSA) is 46.2 Å². The second-order valence-corrected chi connectivity index (χ2v) is 7.80. The first-order valence-corrected chi connectivity index (χ1v) is 8.76. The smallest absolute Gasteiger partial charge is 0.154 e. The van der Waals surface area contributed by atoms with Crippen LogP contribution >= 0.6 is 0 Å². The van der Waals surface area contributed by atoms with E-state index in [9.17, 15) is 8.42 Å². The highest BCUT2D eigenvalue weighted by Crippen LogP contribution is 2.40. The highest BCUT2D eigenvalue weighted by Gasteiger charge is 2.39. The van der Waals surface area contributed by atoms with Crippen molar-refractivity contribution in [2.75, 3.05) is 12.3 Å². The van der Waals surface area contributed by atoms with Gasteiger partial charge < -0.3 is 5.32 Å². The molecular weight excluding hydrogens is 258 g/mol. The predicted octanol–water partition coefficient (Wildman–Crippen LogP) is 2.65. The van der Waals surface area contributed by atoms with Gasteiger partial charge in [0.05, 0.1) is 5.25 Å². The van der Waals surface area contributed by atoms with Gasteiger partial charge in [-0.1, -0.05) is 45.0 Å². The lowest BCUT2D eigenvalue weighted by atomic mass is 9.80. The van der Waals surface area contributed by atoms with E-state index in [2.05, 4.69) is 24.4 Å². The zero-order chi connectivity index (χ0) is 14.0. The number of rotatable bonds is 4. The van der Waals surface area contributed by atoms with E-state index in [0.717, 1.165) is 12.1 Å². The Morgan fingerprint density at radius 2 is 1.84 bits per heavy atom. The van der Waals surface area contributed by atoms with Gasteiger partial charge in [0, 0.05) is 11.8 Å². The number of fused-ring (bicyclic) bond motifs is 1. The van der Waals surface area contributed by atoms with E-state index in [-0.39, 0.29) is 17.0 Å². The molecule has 2 rings (SSSR count). The Labute approximate surface area is 116 Å². The number of hydrogen-bond acceptors (Lipinski definition) is 3. The molecule has 0 aromatic heterocycles. The van der Waals surface area contributed by atoms with Gasteiger partial charge in [0.2, 0.25) is 0 Å². The highest BCUT2D eigenvalue weighted by molar-refractivity contribution is 7.92. The fraction of sp³-hybridized carbons (Fsp3) is 0.600. The maximum atomic E-state index is 12.4. The molecule has 0 radical (unpaired) electrons. The van der Waals surface area contributed by atoms with Crippen LogP contribution in [0.15, 0.2) is 24.3 Å². The van der Waals surface area contributed by atoms with Crippen molar-refractivity contribution >= 4 is 9.84 Å². The maximum absolute atomic E-state index is 12.4. The van der Waals surface area contributed by atoms with Crippen LogP contribution in [0, 0.1) is 0 Å². The number of benzene rings is 1. The SMILES string of the molecule is CCNC1c2ccccc2C(C)CC1S(=O)(=O)CC. The summed E-state index contributed by atoms with van der Waals surface area (Å²) in [5.41, 5.74) is 2.45. The van der Waals surface area contributed by atoms with E-state index >= 15 is 0 Å². The van der Waals surface area contributed by atoms with Crippen LogP contribution < -0.4 is 5.32 Å². The Morgan fingerprint density at radius 3 is 2.42 bits per heavy atom. The molecule has 106 valence electrons. The van der Waals surface area contributed by atoms with Gasteiger partial charge in [-0.05, 0) is 30.0 Å². The van der Waals surface area contributed by atoms with Crippen molar-refractivity contribution in [1.29, 1.82) is 0 Å². The largest absolute Gasteiger partial charge is 0.309 e. The molecule has 1 aliphatic carbocycles. The van der Waals surface area contributed by atoms with Gasteiger partial charge in [0.25, 0.3) is 0 Å². The molecule has 0 fully saturated rings. The van der Waals surface area contributed by atoms with E-state index in [1.807, 2.05) is 19.1 Å². The Hall–Kier alpha value is -0.870. The molecule has 0 saturated heterocycles. The van der Waals surface area contributed by atoms with Gasteiger partial charge >= 0.3 is 0 Å². The van der Waals surface area contributed by atoms with Crippen LogP contribution in [-0.4, -0.2) is 26.0 Å². The average molecular weight is 281 g/mol. The van der Waals surface area contributed by atoms with Crippen molar-refractivity contribution in [3.63, 3.8) is 0 Å². The first kappa shape index (κ1) is 14.5. The molecule has 0 aliphatic heterocycles. The Bertz CT molecular complexity index is 539. The second kappa shape index (κ2) is 5.63. The van der Waals surface area contributed by atoms with Crippen molar-refractivity contribution in [1.82, 2.24) is 5.32 Å². The van der Waals surface area contributed by atoms with Crippen LogP contribution in [0.5, 0.6) is 0 Å². The second-order valence-electron chi connectivity index (χ2n) is 5.29. The zero-order valence-electron chi connectivity index (χ0n) is 11.9. The quantitative estimate of drug-likeness (QED) is 0.923. The summed E-state index contributed by atoms with van der Waals surface area (Å²) in [4.78, 5) is 0. The van der Waals surface area contributed by atoms with E-state index < -0.39 is 9.84 Å². The van der Waals surface area contributed by atoms with Crippen molar-refractivity contribution in [3.8, 4) is 0 Å². The van der Waals surface area contributed by atoms with Crippen LogP contribution in [0.1, 0.15) is 50.3 Å². The molecule has 1 aromatic carbocycles. The van der Waals surface area contributed by atoms with E-state index in [4.69, 9.17) is 0 Å². The molecular formula is C15H23NO2S. The normalized spacial score (nSPS) is 27.0. The molecule has 19 heavy (non-hydrogen) atoms. The summed E-state index contributed by atoms with van der Waals surface area (Å²) >= 11 is 0. The maximum Gasteiger partial charge on any atom is 0.154 e. The molecule has 1 aliphatic rings. The summed E-state index contributed by atoms with van der Waals surface area (Å²) < 4.78 is 24.7. The third-order valence-electron chi connectivity index (χ3n) is 4.11. The molecule has 0 bridgehead atoms. The van der Waals surface area contributed by atoms with Gasteiger partial charge in [-0.2, -0.15) is 0 Å². The lowest BCUT2D eigenvalue weighted by Gasteiger charge is -2.36. The first-order valence-electron chi connectivity index (χ1n) is 7.05. The van der Waals surface area contributed by atoms with Crippen molar-refractivity contribution in [2.45, 2.75) is 44.4 Å². The first-order chi connectivity index (χ1) is 9.01. The van der Waals surface area contributed by atoms with Gasteiger partial charge in [0.15, 0.2) is 9.84 Å². The molecule has 1 N–H and O–H groups in total. The van der Waals surface area contributed by atoms with E-state index in [1.54, 1.807) is 6.92 Å². The van der Waals surface area contributed by atoms with Gasteiger partial charge in [-0.15, -0.1) is 0 Å². The molecule has 0 amide bonds. The minimum absolute atomic E-state index is 0.0673. The standard InChI is InChI=1S/C15H23NO2S/c1-4-16-15-13-9-7-6-8-12(13)11(3)10-14(15)19(17,18)5-2/h6-9,11,14-16H,4-5,10H2,1-3H3. The van der Waals surface area contributed by atoms with Gasteiger partial charge in [-0.3, -0.25) is 0 Å². The zero-order valence-corrected chi connectivity index (χ0v) is 12.7. The van der Waals surface area contributed by atoms with Crippen LogP contribution in [0.3, 0.4) is 0 Å². The molecule has 3 atom stereocenters. The fourth-order valence-electron chi connectivity index (χ4n) is 3.08. The third kappa shape index (κ3) is 2.70. The molecule has 3 nitrogen and oxygen atoms in total. The van der Waals surface area contributed by atoms with Crippen LogP contribution in [0.4, 0.5) is 0 Å². The number of hydrogen-bond donors (Lipinski definition) is 1. The number of sulfone groups is 1. The average Bonchev–Trinajstić information content (AvgIpc) is 2.42. The summed E-state index contributed by atoms with van der Waals surface area (Å²) in [6, 6.07) is 8.15. The minimum Gasteiger partial charge on any atom is -0.309 e. The summed E-state index contributed by atoms with van der Waals surface area (Å²) in [5.74, 6) is 0.520. The monoisotopic (exact) mass is 281 g/mol. The van der Waals surface area contributed by atoms with Crippen LogP contribution in [-0.2, 0) is 9.84 Å². The van der Waals surface area contributed by atoms with E-state index in [1.165, 1.54) is 5.56 Å². The van der Waals surface area contributed by atoms with Crippen LogP contribution in [0.2, 0.25) is 0 Å². The molecule has 4 heteroatoms. The van der Waals surface area contributed by atoms with Gasteiger partial charge in [-0.25, -0.2) is 8.42 Å². The molecule has 1 aromatic rings. The van der Waals surface area contributed by atoms with Crippen molar-refractivity contribution in [2.24, 2.45) is 0 Å². The molecule has 3 unspecified atom stereocenters. The Morgan fingerprint density at radius 1 is 1.21 bits per heavy atom.